The molecule has 0 radical (unpaired) electrons. The molecule has 160 valence electrons. The molecule has 0 heterocycles. The van der Waals surface area contributed by atoms with Crippen LogP contribution in [0.5, 0.6) is 0 Å². The maximum atomic E-state index is 13.9. The highest BCUT2D eigenvalue weighted by Gasteiger charge is 2.56. The zero-order chi connectivity index (χ0) is 21.1. The number of carbonyl (C=O) groups is 1. The van der Waals surface area contributed by atoms with Gasteiger partial charge in [-0.2, -0.15) is 0 Å². The Hall–Kier alpha value is -1.90. The third-order valence-electron chi connectivity index (χ3n) is 9.11. The zero-order valence-corrected chi connectivity index (χ0v) is 18.4. The van der Waals surface area contributed by atoms with Gasteiger partial charge in [0.25, 0.3) is 0 Å². The van der Waals surface area contributed by atoms with E-state index in [-0.39, 0.29) is 28.7 Å². The van der Waals surface area contributed by atoms with Crippen LogP contribution in [0.2, 0.25) is 0 Å². The fraction of sp³-hybridized carbons (Fsp3) is 0.593. The van der Waals surface area contributed by atoms with E-state index in [0.717, 1.165) is 37.7 Å². The minimum atomic E-state index is -0.159. The molecular weight excluding hydrogens is 375 g/mol. The SMILES string of the molecule is CC(=O)O[C@H]1CC[C@@]2(C)C(=CC[C@@H]3[C@@H]2CC[C@]2(C)C(c4cccc(F)c4)=CC[C@@H]32)C1. The highest BCUT2D eigenvalue weighted by atomic mass is 19.1. The molecule has 2 nitrogen and oxygen atoms in total. The summed E-state index contributed by atoms with van der Waals surface area (Å²) in [7, 11) is 0. The smallest absolute Gasteiger partial charge is 0.302 e. The van der Waals surface area contributed by atoms with E-state index < -0.39 is 0 Å². The molecule has 2 saturated carbocycles. The van der Waals surface area contributed by atoms with Crippen LogP contribution in [-0.4, -0.2) is 12.1 Å². The van der Waals surface area contributed by atoms with Gasteiger partial charge in [-0.05, 0) is 90.4 Å². The van der Waals surface area contributed by atoms with Crippen LogP contribution in [0.4, 0.5) is 4.39 Å². The first-order valence-electron chi connectivity index (χ1n) is 11.6. The third kappa shape index (κ3) is 2.99. The molecule has 6 atom stereocenters. The topological polar surface area (TPSA) is 26.3 Å². The Morgan fingerprint density at radius 3 is 2.63 bits per heavy atom. The van der Waals surface area contributed by atoms with Crippen LogP contribution in [0.3, 0.4) is 0 Å². The van der Waals surface area contributed by atoms with Crippen molar-refractivity contribution in [1.29, 1.82) is 0 Å². The number of fused-ring (bicyclic) bond motifs is 5. The quantitative estimate of drug-likeness (QED) is 0.401. The van der Waals surface area contributed by atoms with Crippen LogP contribution in [0, 0.1) is 34.4 Å². The maximum absolute atomic E-state index is 13.9. The van der Waals surface area contributed by atoms with E-state index in [0.29, 0.717) is 17.8 Å². The summed E-state index contributed by atoms with van der Waals surface area (Å²) in [6.45, 7) is 6.42. The second-order valence-electron chi connectivity index (χ2n) is 10.6. The van der Waals surface area contributed by atoms with Gasteiger partial charge in [0.05, 0.1) is 0 Å². The van der Waals surface area contributed by atoms with Crippen molar-refractivity contribution in [2.24, 2.45) is 28.6 Å². The van der Waals surface area contributed by atoms with Gasteiger partial charge in [0, 0.05) is 13.3 Å². The molecule has 0 unspecified atom stereocenters. The highest BCUT2D eigenvalue weighted by Crippen LogP contribution is 2.66. The number of rotatable bonds is 2. The predicted molar refractivity (Wildman–Crippen MR) is 117 cm³/mol. The molecule has 1 aromatic rings. The highest BCUT2D eigenvalue weighted by molar-refractivity contribution is 5.73. The Morgan fingerprint density at radius 2 is 1.87 bits per heavy atom. The van der Waals surface area contributed by atoms with Crippen molar-refractivity contribution in [3.63, 3.8) is 0 Å². The van der Waals surface area contributed by atoms with Crippen molar-refractivity contribution in [2.75, 3.05) is 0 Å². The van der Waals surface area contributed by atoms with Crippen LogP contribution >= 0.6 is 0 Å². The molecule has 0 bridgehead atoms. The molecule has 0 amide bonds. The van der Waals surface area contributed by atoms with Crippen molar-refractivity contribution < 1.29 is 13.9 Å². The number of benzene rings is 1. The molecule has 4 aliphatic rings. The number of esters is 1. The number of halogens is 1. The Labute approximate surface area is 179 Å². The van der Waals surface area contributed by atoms with Crippen LogP contribution in [0.25, 0.3) is 5.57 Å². The lowest BCUT2D eigenvalue weighted by atomic mass is 9.47. The van der Waals surface area contributed by atoms with Gasteiger partial charge < -0.3 is 4.74 Å². The molecule has 0 aromatic heterocycles. The van der Waals surface area contributed by atoms with Crippen molar-refractivity contribution in [3.8, 4) is 0 Å². The summed E-state index contributed by atoms with van der Waals surface area (Å²) >= 11 is 0. The third-order valence-corrected chi connectivity index (χ3v) is 9.11. The number of carbonyl (C=O) groups excluding carboxylic acids is 1. The summed E-state index contributed by atoms with van der Waals surface area (Å²) < 4.78 is 19.5. The molecule has 3 heteroatoms. The van der Waals surface area contributed by atoms with Crippen molar-refractivity contribution in [3.05, 3.63) is 53.4 Å². The minimum absolute atomic E-state index is 0.0555. The van der Waals surface area contributed by atoms with Gasteiger partial charge in [-0.15, -0.1) is 0 Å². The number of hydrogen-bond acceptors (Lipinski definition) is 2. The van der Waals surface area contributed by atoms with Crippen molar-refractivity contribution >= 4 is 11.5 Å². The Balaban J connectivity index is 1.41. The summed E-state index contributed by atoms with van der Waals surface area (Å²) in [5.74, 6) is 1.72. The summed E-state index contributed by atoms with van der Waals surface area (Å²) in [6, 6.07) is 7.16. The second-order valence-corrected chi connectivity index (χ2v) is 10.6. The van der Waals surface area contributed by atoms with Crippen LogP contribution in [0.15, 0.2) is 42.0 Å². The monoisotopic (exact) mass is 408 g/mol. The van der Waals surface area contributed by atoms with Gasteiger partial charge in [-0.25, -0.2) is 4.39 Å². The molecule has 30 heavy (non-hydrogen) atoms. The molecular formula is C27H33FO2. The molecule has 0 aliphatic heterocycles. The molecule has 0 saturated heterocycles. The van der Waals surface area contributed by atoms with Gasteiger partial charge in [-0.1, -0.05) is 43.7 Å². The maximum Gasteiger partial charge on any atom is 0.302 e. The van der Waals surface area contributed by atoms with Gasteiger partial charge >= 0.3 is 5.97 Å². The first-order chi connectivity index (χ1) is 14.3. The number of ether oxygens (including phenoxy) is 1. The predicted octanol–water partition coefficient (Wildman–Crippen LogP) is 6.71. The average molecular weight is 409 g/mol. The van der Waals surface area contributed by atoms with E-state index in [9.17, 15) is 9.18 Å². The van der Waals surface area contributed by atoms with E-state index in [4.69, 9.17) is 4.74 Å². The standard InChI is InChI=1S/C27H33FO2/c1-17(29)30-21-11-13-26(2)19(16-21)7-8-22-24-10-9-23(18-5-4-6-20(28)15-18)27(24,3)14-12-25(22)26/h4-7,9,15,21-22,24-25H,8,10-14,16H2,1-3H3/t21-,22-,24-,25-,26-,27+/m0/s1. The summed E-state index contributed by atoms with van der Waals surface area (Å²) in [4.78, 5) is 11.4. The van der Waals surface area contributed by atoms with Gasteiger partial charge in [0.15, 0.2) is 0 Å². The van der Waals surface area contributed by atoms with E-state index in [1.807, 2.05) is 6.07 Å². The normalized spacial score (nSPS) is 39.9. The molecule has 0 N–H and O–H groups in total. The van der Waals surface area contributed by atoms with E-state index in [1.165, 1.54) is 37.0 Å². The fourth-order valence-corrected chi connectivity index (χ4v) is 7.63. The van der Waals surface area contributed by atoms with Gasteiger partial charge in [0.1, 0.15) is 11.9 Å². The Morgan fingerprint density at radius 1 is 1.07 bits per heavy atom. The lowest BCUT2D eigenvalue weighted by Gasteiger charge is -2.57. The number of allylic oxidation sites excluding steroid dienone is 3. The van der Waals surface area contributed by atoms with Crippen molar-refractivity contribution in [1.82, 2.24) is 0 Å². The molecule has 1 aromatic carbocycles. The summed E-state index contributed by atoms with van der Waals surface area (Å²) in [6.07, 6.45) is 12.6. The van der Waals surface area contributed by atoms with Gasteiger partial charge in [-0.3, -0.25) is 4.79 Å². The first kappa shape index (κ1) is 20.0. The van der Waals surface area contributed by atoms with E-state index >= 15 is 0 Å². The fourth-order valence-electron chi connectivity index (χ4n) is 7.63. The molecule has 2 fully saturated rings. The van der Waals surface area contributed by atoms with E-state index in [1.54, 1.807) is 6.07 Å². The average Bonchev–Trinajstić information content (AvgIpc) is 3.05. The minimum Gasteiger partial charge on any atom is -0.462 e. The first-order valence-corrected chi connectivity index (χ1v) is 11.6. The van der Waals surface area contributed by atoms with Crippen LogP contribution in [-0.2, 0) is 9.53 Å². The Kier molecular flexibility index (Phi) is 4.72. The van der Waals surface area contributed by atoms with Crippen molar-refractivity contribution in [2.45, 2.75) is 71.8 Å². The van der Waals surface area contributed by atoms with Crippen LogP contribution in [0.1, 0.15) is 71.3 Å². The Bertz CT molecular complexity index is 931. The van der Waals surface area contributed by atoms with Crippen LogP contribution < -0.4 is 0 Å². The molecule has 4 aliphatic carbocycles. The zero-order valence-electron chi connectivity index (χ0n) is 18.4. The molecule has 5 rings (SSSR count). The summed E-state index contributed by atoms with van der Waals surface area (Å²) in [5, 5.41) is 0. The lowest BCUT2D eigenvalue weighted by molar-refractivity contribution is -0.148. The lowest BCUT2D eigenvalue weighted by Crippen LogP contribution is -2.50. The molecule has 0 spiro atoms. The number of hydrogen-bond donors (Lipinski definition) is 0. The largest absolute Gasteiger partial charge is 0.462 e. The second kappa shape index (κ2) is 7.07. The van der Waals surface area contributed by atoms with E-state index in [2.05, 4.69) is 32.1 Å². The van der Waals surface area contributed by atoms with Gasteiger partial charge in [0.2, 0.25) is 0 Å². The summed E-state index contributed by atoms with van der Waals surface area (Å²) in [5.41, 5.74) is 4.34.